The highest BCUT2D eigenvalue weighted by Crippen LogP contribution is 2.26. The van der Waals surface area contributed by atoms with E-state index in [1.807, 2.05) is 0 Å². The number of hydrogen-bond donors (Lipinski definition) is 1. The van der Waals surface area contributed by atoms with Crippen molar-refractivity contribution in [1.29, 1.82) is 0 Å². The smallest absolute Gasteiger partial charge is 0.287 e. The Balaban J connectivity index is 2.12. The first-order valence-electron chi connectivity index (χ1n) is 6.13. The number of rotatable bonds is 3. The molecule has 2 rings (SSSR count). The van der Waals surface area contributed by atoms with Crippen LogP contribution in [0.2, 0.25) is 0 Å². The lowest BCUT2D eigenvalue weighted by molar-refractivity contribution is 0.0908. The second-order valence-corrected chi connectivity index (χ2v) is 7.59. The quantitative estimate of drug-likeness (QED) is 0.870. The first kappa shape index (κ1) is 14.4. The third kappa shape index (κ3) is 3.30. The molecular formula is C12H16ClNO4S. The number of halogens is 1. The number of carbonyl (C=O) groups excluding carboxylic acids is 1. The van der Waals surface area contributed by atoms with Gasteiger partial charge in [0.1, 0.15) is 10.7 Å². The molecule has 1 saturated carbocycles. The van der Waals surface area contributed by atoms with E-state index in [1.54, 1.807) is 0 Å². The Morgan fingerprint density at radius 1 is 1.47 bits per heavy atom. The first-order valence-corrected chi connectivity index (χ1v) is 8.44. The zero-order valence-electron chi connectivity index (χ0n) is 10.8. The van der Waals surface area contributed by atoms with Crippen LogP contribution in [0.4, 0.5) is 0 Å². The number of carbonyl (C=O) groups is 1. The number of hydrogen-bond acceptors (Lipinski definition) is 4. The molecule has 0 radical (unpaired) electrons. The van der Waals surface area contributed by atoms with E-state index in [1.165, 1.54) is 13.0 Å². The van der Waals surface area contributed by atoms with Crippen LogP contribution in [0.25, 0.3) is 0 Å². The average molecular weight is 306 g/mol. The summed E-state index contributed by atoms with van der Waals surface area (Å²) in [5.41, 5.74) is 0. The van der Waals surface area contributed by atoms with Gasteiger partial charge in [-0.25, -0.2) is 8.42 Å². The highest BCUT2D eigenvalue weighted by atomic mass is 35.7. The van der Waals surface area contributed by atoms with Crippen LogP contribution in [-0.4, -0.2) is 20.4 Å². The second-order valence-electron chi connectivity index (χ2n) is 5.06. The van der Waals surface area contributed by atoms with E-state index in [0.717, 1.165) is 19.3 Å². The van der Waals surface area contributed by atoms with Gasteiger partial charge in [0, 0.05) is 22.8 Å². The Bertz CT molecular complexity index is 593. The fourth-order valence-corrected chi connectivity index (χ4v) is 3.51. The third-order valence-corrected chi connectivity index (χ3v) is 4.82. The zero-order chi connectivity index (χ0) is 14.2. The molecule has 1 heterocycles. The maximum atomic E-state index is 12.0. The van der Waals surface area contributed by atoms with Crippen LogP contribution in [0.15, 0.2) is 15.4 Å². The van der Waals surface area contributed by atoms with Gasteiger partial charge in [0.15, 0.2) is 5.76 Å². The topological polar surface area (TPSA) is 76.4 Å². The Hall–Kier alpha value is -1.01. The van der Waals surface area contributed by atoms with Crippen molar-refractivity contribution in [3.63, 3.8) is 0 Å². The number of amides is 1. The number of nitrogens with one attached hydrogen (secondary N) is 1. The maximum Gasteiger partial charge on any atom is 0.287 e. The Kier molecular flexibility index (Phi) is 3.92. The lowest BCUT2D eigenvalue weighted by Gasteiger charge is -2.10. The van der Waals surface area contributed by atoms with Crippen molar-refractivity contribution >= 4 is 25.6 Å². The van der Waals surface area contributed by atoms with Crippen LogP contribution < -0.4 is 5.32 Å². The molecule has 0 saturated heterocycles. The number of aryl methyl sites for hydroxylation is 1. The third-order valence-electron chi connectivity index (χ3n) is 3.39. The summed E-state index contributed by atoms with van der Waals surface area (Å²) in [5, 5.41) is 2.85. The molecule has 106 valence electrons. The molecule has 1 amide bonds. The fraction of sp³-hybridized carbons (Fsp3) is 0.583. The van der Waals surface area contributed by atoms with E-state index in [0.29, 0.717) is 5.92 Å². The summed E-state index contributed by atoms with van der Waals surface area (Å²) in [6.45, 7) is 3.60. The Morgan fingerprint density at radius 3 is 2.63 bits per heavy atom. The minimum absolute atomic E-state index is 0.0173. The predicted molar refractivity (Wildman–Crippen MR) is 70.8 cm³/mol. The van der Waals surface area contributed by atoms with Crippen LogP contribution in [0.5, 0.6) is 0 Å². The highest BCUT2D eigenvalue weighted by molar-refractivity contribution is 8.13. The molecule has 1 fully saturated rings. The van der Waals surface area contributed by atoms with Crippen LogP contribution in [0, 0.1) is 12.8 Å². The molecule has 1 aliphatic carbocycles. The highest BCUT2D eigenvalue weighted by Gasteiger charge is 2.26. The standard InChI is InChI=1S/C12H16ClNO4S/c1-7-3-4-9(5-7)14-12(15)10-6-11(8(2)18-10)19(13,16)17/h6-7,9H,3-5H2,1-2H3,(H,14,15). The molecule has 0 aromatic carbocycles. The molecule has 1 aliphatic rings. The normalized spacial score (nSPS) is 23.5. The van der Waals surface area contributed by atoms with Gasteiger partial charge in [0.05, 0.1) is 0 Å². The van der Waals surface area contributed by atoms with Crippen molar-refractivity contribution in [3.8, 4) is 0 Å². The van der Waals surface area contributed by atoms with Gasteiger partial charge in [-0.15, -0.1) is 0 Å². The van der Waals surface area contributed by atoms with Gasteiger partial charge in [-0.2, -0.15) is 0 Å². The summed E-state index contributed by atoms with van der Waals surface area (Å²) in [7, 11) is 1.37. The zero-order valence-corrected chi connectivity index (χ0v) is 12.3. The van der Waals surface area contributed by atoms with Crippen molar-refractivity contribution in [2.45, 2.75) is 44.0 Å². The summed E-state index contributed by atoms with van der Waals surface area (Å²) >= 11 is 0. The minimum atomic E-state index is -3.88. The summed E-state index contributed by atoms with van der Waals surface area (Å²) in [5.74, 6) is 0.312. The molecule has 2 unspecified atom stereocenters. The molecule has 5 nitrogen and oxygen atoms in total. The van der Waals surface area contributed by atoms with E-state index >= 15 is 0 Å². The van der Waals surface area contributed by atoms with Crippen LogP contribution in [0.3, 0.4) is 0 Å². The average Bonchev–Trinajstić information content (AvgIpc) is 2.84. The van der Waals surface area contributed by atoms with Crippen molar-refractivity contribution in [1.82, 2.24) is 5.32 Å². The van der Waals surface area contributed by atoms with Gasteiger partial charge in [-0.3, -0.25) is 4.79 Å². The van der Waals surface area contributed by atoms with Gasteiger partial charge in [0.25, 0.3) is 15.0 Å². The summed E-state index contributed by atoms with van der Waals surface area (Å²) in [6.07, 6.45) is 2.96. The largest absolute Gasteiger partial charge is 0.455 e. The van der Waals surface area contributed by atoms with E-state index in [9.17, 15) is 13.2 Å². The maximum absolute atomic E-state index is 12.0. The molecule has 1 N–H and O–H groups in total. The van der Waals surface area contributed by atoms with Crippen molar-refractivity contribution in [2.24, 2.45) is 5.92 Å². The summed E-state index contributed by atoms with van der Waals surface area (Å²) in [6, 6.07) is 1.30. The van der Waals surface area contributed by atoms with Crippen molar-refractivity contribution in [3.05, 3.63) is 17.6 Å². The van der Waals surface area contributed by atoms with E-state index in [2.05, 4.69) is 12.2 Å². The molecular weight excluding hydrogens is 290 g/mol. The minimum Gasteiger partial charge on any atom is -0.455 e. The van der Waals surface area contributed by atoms with Crippen LogP contribution >= 0.6 is 10.7 Å². The molecule has 1 aromatic rings. The SMILES string of the molecule is Cc1oc(C(=O)NC2CCC(C)C2)cc1S(=O)(=O)Cl. The summed E-state index contributed by atoms with van der Waals surface area (Å²) < 4.78 is 27.7. The molecule has 0 spiro atoms. The molecule has 0 aliphatic heterocycles. The van der Waals surface area contributed by atoms with Crippen molar-refractivity contribution in [2.75, 3.05) is 0 Å². The van der Waals surface area contributed by atoms with Gasteiger partial charge < -0.3 is 9.73 Å². The lowest BCUT2D eigenvalue weighted by atomic mass is 10.1. The van der Waals surface area contributed by atoms with E-state index in [-0.39, 0.29) is 22.5 Å². The molecule has 7 heteroatoms. The van der Waals surface area contributed by atoms with Gasteiger partial charge in [0.2, 0.25) is 0 Å². The Morgan fingerprint density at radius 2 is 2.16 bits per heavy atom. The monoisotopic (exact) mass is 305 g/mol. The van der Waals surface area contributed by atoms with Gasteiger partial charge >= 0.3 is 0 Å². The Labute approximate surface area is 116 Å². The molecule has 19 heavy (non-hydrogen) atoms. The molecule has 2 atom stereocenters. The lowest BCUT2D eigenvalue weighted by Crippen LogP contribution is -2.32. The van der Waals surface area contributed by atoms with Crippen molar-refractivity contribution < 1.29 is 17.6 Å². The van der Waals surface area contributed by atoms with Gasteiger partial charge in [-0.1, -0.05) is 6.92 Å². The first-order chi connectivity index (χ1) is 8.77. The molecule has 0 bridgehead atoms. The van der Waals surface area contributed by atoms with E-state index < -0.39 is 15.0 Å². The second kappa shape index (κ2) is 5.17. The fourth-order valence-electron chi connectivity index (χ4n) is 2.41. The van der Waals surface area contributed by atoms with Crippen LogP contribution in [-0.2, 0) is 9.05 Å². The molecule has 1 aromatic heterocycles. The van der Waals surface area contributed by atoms with E-state index in [4.69, 9.17) is 15.1 Å². The number of furan rings is 1. The summed E-state index contributed by atoms with van der Waals surface area (Å²) in [4.78, 5) is 11.8. The van der Waals surface area contributed by atoms with Crippen LogP contribution in [0.1, 0.15) is 42.5 Å². The predicted octanol–water partition coefficient (Wildman–Crippen LogP) is 2.43. The van der Waals surface area contributed by atoms with Gasteiger partial charge in [-0.05, 0) is 32.1 Å².